The molecule has 0 radical (unpaired) electrons. The van der Waals surface area contributed by atoms with E-state index in [1.807, 2.05) is 0 Å². The third-order valence-corrected chi connectivity index (χ3v) is 2.23. The van der Waals surface area contributed by atoms with Crippen molar-refractivity contribution in [3.05, 3.63) is 22.7 Å². The van der Waals surface area contributed by atoms with E-state index in [2.05, 4.69) is 45.1 Å². The van der Waals surface area contributed by atoms with Gasteiger partial charge in [0.25, 0.3) is 0 Å². The Balaban J connectivity index is 2.79. The summed E-state index contributed by atoms with van der Waals surface area (Å²) in [6.45, 7) is 5.10. The lowest BCUT2D eigenvalue weighted by atomic mass is 10.2. The van der Waals surface area contributed by atoms with Gasteiger partial charge >= 0.3 is 0 Å². The van der Waals surface area contributed by atoms with E-state index in [-0.39, 0.29) is 6.04 Å². The molecule has 4 heteroatoms. The molecule has 1 unspecified atom stereocenters. The van der Waals surface area contributed by atoms with E-state index in [1.54, 1.807) is 12.5 Å². The van der Waals surface area contributed by atoms with Crippen molar-refractivity contribution in [1.29, 1.82) is 0 Å². The van der Waals surface area contributed by atoms with Crippen molar-refractivity contribution in [2.24, 2.45) is 0 Å². The van der Waals surface area contributed by atoms with Gasteiger partial charge in [-0.1, -0.05) is 6.92 Å². The number of hydrogen-bond donors (Lipinski definition) is 1. The third kappa shape index (κ3) is 2.25. The number of rotatable bonds is 3. The van der Waals surface area contributed by atoms with Crippen LogP contribution in [0.5, 0.6) is 0 Å². The summed E-state index contributed by atoms with van der Waals surface area (Å²) >= 11 is 3.40. The van der Waals surface area contributed by atoms with Crippen molar-refractivity contribution >= 4 is 15.9 Å². The van der Waals surface area contributed by atoms with Crippen molar-refractivity contribution in [1.82, 2.24) is 15.3 Å². The van der Waals surface area contributed by atoms with Crippen molar-refractivity contribution in [3.8, 4) is 0 Å². The van der Waals surface area contributed by atoms with Crippen molar-refractivity contribution < 1.29 is 0 Å². The summed E-state index contributed by atoms with van der Waals surface area (Å²) in [5.74, 6) is 0. The molecule has 0 saturated heterocycles. The fourth-order valence-corrected chi connectivity index (χ4v) is 1.61. The predicted octanol–water partition coefficient (Wildman–Crippen LogP) is 1.91. The summed E-state index contributed by atoms with van der Waals surface area (Å²) in [5, 5.41) is 3.28. The van der Waals surface area contributed by atoms with E-state index < -0.39 is 0 Å². The van der Waals surface area contributed by atoms with Gasteiger partial charge in [-0.05, 0) is 29.4 Å². The molecule has 1 N–H and O–H groups in total. The summed E-state index contributed by atoms with van der Waals surface area (Å²) in [5.41, 5.74) is 1.01. The first-order valence-corrected chi connectivity index (χ1v) is 4.73. The minimum absolute atomic E-state index is 0.271. The maximum Gasteiger partial charge on any atom is 0.115 e. The van der Waals surface area contributed by atoms with Gasteiger partial charge in [-0.25, -0.2) is 9.97 Å². The largest absolute Gasteiger partial charge is 0.309 e. The molecule has 0 aromatic carbocycles. The summed E-state index contributed by atoms with van der Waals surface area (Å²) < 4.78 is 0.957. The molecule has 1 heterocycles. The molecule has 0 fully saturated rings. The summed E-state index contributed by atoms with van der Waals surface area (Å²) in [6.07, 6.45) is 3.32. The Morgan fingerprint density at radius 3 is 3.00 bits per heavy atom. The lowest BCUT2D eigenvalue weighted by molar-refractivity contribution is 0.579. The minimum atomic E-state index is 0.271. The number of aromatic nitrogens is 2. The second-order valence-corrected chi connectivity index (χ2v) is 3.39. The zero-order chi connectivity index (χ0) is 8.97. The zero-order valence-electron chi connectivity index (χ0n) is 7.21. The first-order valence-electron chi connectivity index (χ1n) is 3.94. The van der Waals surface area contributed by atoms with Crippen LogP contribution in [0, 0.1) is 0 Å². The smallest absolute Gasteiger partial charge is 0.115 e. The average Bonchev–Trinajstić information content (AvgIpc) is 2.05. The molecule has 66 valence electrons. The van der Waals surface area contributed by atoms with Crippen LogP contribution in [-0.4, -0.2) is 16.5 Å². The monoisotopic (exact) mass is 229 g/mol. The van der Waals surface area contributed by atoms with Crippen LogP contribution in [0.2, 0.25) is 0 Å². The Hall–Kier alpha value is -0.480. The van der Waals surface area contributed by atoms with Gasteiger partial charge in [0, 0.05) is 12.2 Å². The molecule has 1 rings (SSSR count). The van der Waals surface area contributed by atoms with Gasteiger partial charge < -0.3 is 5.32 Å². The molecule has 0 aliphatic rings. The fraction of sp³-hybridized carbons (Fsp3) is 0.500. The van der Waals surface area contributed by atoms with Gasteiger partial charge in [-0.3, -0.25) is 0 Å². The molecule has 12 heavy (non-hydrogen) atoms. The van der Waals surface area contributed by atoms with Crippen molar-refractivity contribution in [2.45, 2.75) is 19.9 Å². The van der Waals surface area contributed by atoms with Crippen molar-refractivity contribution in [3.63, 3.8) is 0 Å². The molecule has 1 aromatic heterocycles. The standard InChI is InChI=1S/C8H12BrN3/c1-3-11-6(2)8-7(9)4-10-5-12-8/h4-6,11H,3H2,1-2H3. The van der Waals surface area contributed by atoms with Gasteiger partial charge in [0.2, 0.25) is 0 Å². The fourth-order valence-electron chi connectivity index (χ4n) is 1.04. The lowest BCUT2D eigenvalue weighted by Gasteiger charge is -2.11. The highest BCUT2D eigenvalue weighted by atomic mass is 79.9. The van der Waals surface area contributed by atoms with Gasteiger partial charge in [0.15, 0.2) is 0 Å². The molecule has 3 nitrogen and oxygen atoms in total. The number of nitrogens with one attached hydrogen (secondary N) is 1. The minimum Gasteiger partial charge on any atom is -0.309 e. The zero-order valence-corrected chi connectivity index (χ0v) is 8.80. The summed E-state index contributed by atoms with van der Waals surface area (Å²) in [6, 6.07) is 0.271. The Morgan fingerprint density at radius 2 is 2.42 bits per heavy atom. The van der Waals surface area contributed by atoms with E-state index in [9.17, 15) is 0 Å². The van der Waals surface area contributed by atoms with Crippen LogP contribution in [0.15, 0.2) is 17.0 Å². The Morgan fingerprint density at radius 1 is 1.67 bits per heavy atom. The first-order chi connectivity index (χ1) is 5.75. The molecular weight excluding hydrogens is 218 g/mol. The number of nitrogens with zero attached hydrogens (tertiary/aromatic N) is 2. The van der Waals surface area contributed by atoms with Gasteiger partial charge in [-0.2, -0.15) is 0 Å². The second-order valence-electron chi connectivity index (χ2n) is 2.54. The lowest BCUT2D eigenvalue weighted by Crippen LogP contribution is -2.19. The van der Waals surface area contributed by atoms with Crippen LogP contribution in [0.1, 0.15) is 25.6 Å². The van der Waals surface area contributed by atoms with Gasteiger partial charge in [0.1, 0.15) is 6.33 Å². The van der Waals surface area contributed by atoms with Crippen LogP contribution < -0.4 is 5.32 Å². The van der Waals surface area contributed by atoms with Crippen LogP contribution in [0.25, 0.3) is 0 Å². The molecule has 1 aromatic rings. The van der Waals surface area contributed by atoms with E-state index in [0.717, 1.165) is 16.7 Å². The van der Waals surface area contributed by atoms with Crippen LogP contribution >= 0.6 is 15.9 Å². The Kier molecular flexibility index (Phi) is 3.62. The van der Waals surface area contributed by atoms with Gasteiger partial charge in [-0.15, -0.1) is 0 Å². The topological polar surface area (TPSA) is 37.8 Å². The average molecular weight is 230 g/mol. The molecule has 0 aliphatic carbocycles. The van der Waals surface area contributed by atoms with Crippen molar-refractivity contribution in [2.75, 3.05) is 6.54 Å². The maximum atomic E-state index is 4.18. The quantitative estimate of drug-likeness (QED) is 0.861. The van der Waals surface area contributed by atoms with E-state index >= 15 is 0 Å². The maximum absolute atomic E-state index is 4.18. The number of halogens is 1. The molecule has 0 bridgehead atoms. The van der Waals surface area contributed by atoms with E-state index in [4.69, 9.17) is 0 Å². The predicted molar refractivity (Wildman–Crippen MR) is 51.8 cm³/mol. The summed E-state index contributed by atoms with van der Waals surface area (Å²) in [4.78, 5) is 8.08. The SMILES string of the molecule is CCNC(C)c1ncncc1Br. The van der Waals surface area contributed by atoms with Gasteiger partial charge in [0.05, 0.1) is 10.2 Å². The first kappa shape index (κ1) is 9.61. The Bertz CT molecular complexity index is 252. The highest BCUT2D eigenvalue weighted by Crippen LogP contribution is 2.18. The normalized spacial score (nSPS) is 12.9. The van der Waals surface area contributed by atoms with Crippen LogP contribution in [0.3, 0.4) is 0 Å². The van der Waals surface area contributed by atoms with E-state index in [1.165, 1.54) is 0 Å². The third-order valence-electron chi connectivity index (χ3n) is 1.62. The van der Waals surface area contributed by atoms with E-state index in [0.29, 0.717) is 0 Å². The molecule has 0 spiro atoms. The molecule has 0 saturated carbocycles. The molecular formula is C8H12BrN3. The highest BCUT2D eigenvalue weighted by Gasteiger charge is 2.08. The molecule has 0 aliphatic heterocycles. The second kappa shape index (κ2) is 4.52. The highest BCUT2D eigenvalue weighted by molar-refractivity contribution is 9.10. The molecule has 1 atom stereocenters. The molecule has 0 amide bonds. The summed E-state index contributed by atoms with van der Waals surface area (Å²) in [7, 11) is 0. The Labute approximate surface area is 80.7 Å². The number of hydrogen-bond acceptors (Lipinski definition) is 3. The van der Waals surface area contributed by atoms with Crippen LogP contribution in [-0.2, 0) is 0 Å². The van der Waals surface area contributed by atoms with Crippen LogP contribution in [0.4, 0.5) is 0 Å².